The topological polar surface area (TPSA) is 101 Å². The lowest BCUT2D eigenvalue weighted by Gasteiger charge is -2.38. The molecule has 2 rings (SSSR count). The van der Waals surface area contributed by atoms with Gasteiger partial charge in [0.2, 0.25) is 0 Å². The molecule has 12 heteroatoms. The second-order valence-electron chi connectivity index (χ2n) is 5.52. The highest BCUT2D eigenvalue weighted by atomic mass is 32.2. The van der Waals surface area contributed by atoms with Gasteiger partial charge in [0.15, 0.2) is 12.1 Å². The molecule has 2 saturated heterocycles. The van der Waals surface area contributed by atoms with Gasteiger partial charge >= 0.3 is 15.6 Å². The zero-order valence-electron chi connectivity index (χ0n) is 12.4. The summed E-state index contributed by atoms with van der Waals surface area (Å²) in [7, 11) is -4.56. The van der Waals surface area contributed by atoms with E-state index in [9.17, 15) is 26.7 Å². The molecule has 0 spiro atoms. The number of aliphatic hydroxyl groups excluding tert-OH is 1. The fraction of sp³-hybridized carbons (Fsp3) is 1.00. The highest BCUT2D eigenvalue weighted by molar-refractivity contribution is 7.87. The maximum Gasteiger partial charge on any atom is 0.523 e. The summed E-state index contributed by atoms with van der Waals surface area (Å²) in [4.78, 5) is 0. The van der Waals surface area contributed by atoms with Gasteiger partial charge in [-0.2, -0.15) is 21.6 Å². The lowest BCUT2D eigenvalue weighted by molar-refractivity contribution is -0.273. The van der Waals surface area contributed by atoms with Gasteiger partial charge in [0.1, 0.15) is 24.4 Å². The second kappa shape index (κ2) is 6.10. The van der Waals surface area contributed by atoms with Crippen molar-refractivity contribution < 1.29 is 49.8 Å². The fourth-order valence-corrected chi connectivity index (χ4v) is 2.85. The van der Waals surface area contributed by atoms with Crippen molar-refractivity contribution in [3.63, 3.8) is 0 Å². The van der Waals surface area contributed by atoms with Crippen molar-refractivity contribution in [2.24, 2.45) is 0 Å². The summed E-state index contributed by atoms with van der Waals surface area (Å²) >= 11 is 0. The second-order valence-corrected chi connectivity index (χ2v) is 7.13. The van der Waals surface area contributed by atoms with E-state index >= 15 is 0 Å². The number of aliphatic hydroxyl groups is 1. The Balaban J connectivity index is 2.14. The van der Waals surface area contributed by atoms with E-state index in [1.165, 1.54) is 21.0 Å². The van der Waals surface area contributed by atoms with Crippen molar-refractivity contribution in [2.45, 2.75) is 55.8 Å². The minimum atomic E-state index is -5.77. The number of ether oxygens (including phenoxy) is 4. The predicted molar refractivity (Wildman–Crippen MR) is 66.4 cm³/mol. The molecule has 2 aliphatic rings. The van der Waals surface area contributed by atoms with Gasteiger partial charge in [0.05, 0.1) is 6.61 Å². The summed E-state index contributed by atoms with van der Waals surface area (Å²) in [5.41, 5.74) is -5.55. The van der Waals surface area contributed by atoms with Crippen molar-refractivity contribution in [2.75, 3.05) is 13.7 Å². The summed E-state index contributed by atoms with van der Waals surface area (Å²) in [5.74, 6) is -1.14. The molecule has 0 aliphatic carbocycles. The van der Waals surface area contributed by atoms with Gasteiger partial charge in [0, 0.05) is 7.11 Å². The van der Waals surface area contributed by atoms with Crippen molar-refractivity contribution in [3.8, 4) is 0 Å². The highest BCUT2D eigenvalue weighted by Crippen LogP contribution is 2.38. The first-order chi connectivity index (χ1) is 10.4. The molecule has 136 valence electrons. The molecule has 2 fully saturated rings. The van der Waals surface area contributed by atoms with Gasteiger partial charge in [-0.3, -0.25) is 4.18 Å². The van der Waals surface area contributed by atoms with E-state index in [0.29, 0.717) is 0 Å². The Bertz CT molecular complexity index is 534. The third-order valence-corrected chi connectivity index (χ3v) is 4.37. The zero-order valence-corrected chi connectivity index (χ0v) is 13.3. The van der Waals surface area contributed by atoms with E-state index in [-0.39, 0.29) is 0 Å². The Morgan fingerprint density at radius 1 is 1.22 bits per heavy atom. The minimum Gasteiger partial charge on any atom is -0.385 e. The van der Waals surface area contributed by atoms with Gasteiger partial charge < -0.3 is 24.1 Å². The third-order valence-electron chi connectivity index (χ3n) is 3.36. The van der Waals surface area contributed by atoms with Crippen LogP contribution in [0.1, 0.15) is 13.8 Å². The lowest BCUT2D eigenvalue weighted by Crippen LogP contribution is -2.58. The number of alkyl halides is 3. The molecule has 2 aliphatic heterocycles. The Morgan fingerprint density at radius 3 is 2.30 bits per heavy atom. The summed E-state index contributed by atoms with van der Waals surface area (Å²) in [6.07, 6.45) is -5.72. The zero-order chi connectivity index (χ0) is 17.6. The van der Waals surface area contributed by atoms with Crippen LogP contribution in [0, 0.1) is 0 Å². The highest BCUT2D eigenvalue weighted by Gasteiger charge is 2.56. The van der Waals surface area contributed by atoms with Gasteiger partial charge in [-0.1, -0.05) is 0 Å². The number of rotatable bonds is 4. The largest absolute Gasteiger partial charge is 0.523 e. The molecule has 8 nitrogen and oxygen atoms in total. The van der Waals surface area contributed by atoms with E-state index in [4.69, 9.17) is 18.9 Å². The van der Waals surface area contributed by atoms with Crippen LogP contribution in [0.4, 0.5) is 13.2 Å². The van der Waals surface area contributed by atoms with Crippen molar-refractivity contribution in [3.05, 3.63) is 0 Å². The number of hydrogen-bond acceptors (Lipinski definition) is 8. The predicted octanol–water partition coefficient (Wildman–Crippen LogP) is 0.105. The summed E-state index contributed by atoms with van der Waals surface area (Å²) < 4.78 is 83.9. The van der Waals surface area contributed by atoms with Crippen LogP contribution in [0.25, 0.3) is 0 Å². The van der Waals surface area contributed by atoms with Gasteiger partial charge in [0.25, 0.3) is 0 Å². The van der Waals surface area contributed by atoms with Gasteiger partial charge in [-0.05, 0) is 13.8 Å². The number of hydrogen-bond donors (Lipinski definition) is 1. The minimum absolute atomic E-state index is 0.963. The maximum absolute atomic E-state index is 12.3. The van der Waals surface area contributed by atoms with Crippen LogP contribution < -0.4 is 0 Å². The average molecular weight is 366 g/mol. The van der Waals surface area contributed by atoms with Crippen molar-refractivity contribution in [1.82, 2.24) is 0 Å². The fourth-order valence-electron chi connectivity index (χ4n) is 2.41. The van der Waals surface area contributed by atoms with E-state index in [1.807, 2.05) is 0 Å². The third kappa shape index (κ3) is 3.78. The molecular weight excluding hydrogens is 349 g/mol. The molecule has 2 heterocycles. The smallest absolute Gasteiger partial charge is 0.385 e. The average Bonchev–Trinajstić information content (AvgIpc) is 2.73. The lowest BCUT2D eigenvalue weighted by atomic mass is 9.99. The molecule has 1 N–H and O–H groups in total. The standard InChI is InChI=1S/C11H17F3O8S/c1-10(2)21-7-5(4-19-23(16,17)11(12,13)14)20-9(18-3)6(15)8(7)22-10/h5-9,15H,4H2,1-3H3/t5-,6-,7+,8-,9+/m1/s1. The molecule has 0 bridgehead atoms. The molecule has 0 aromatic rings. The Labute approximate surface area is 130 Å². The van der Waals surface area contributed by atoms with Crippen LogP contribution in [0.5, 0.6) is 0 Å². The van der Waals surface area contributed by atoms with Crippen molar-refractivity contribution in [1.29, 1.82) is 0 Å². The van der Waals surface area contributed by atoms with E-state index in [2.05, 4.69) is 4.18 Å². The molecule has 0 aromatic carbocycles. The number of fused-ring (bicyclic) bond motifs is 1. The number of methoxy groups -OCH3 is 1. The molecule has 0 radical (unpaired) electrons. The monoisotopic (exact) mass is 366 g/mol. The van der Waals surface area contributed by atoms with Gasteiger partial charge in [-0.15, -0.1) is 0 Å². The quantitative estimate of drug-likeness (QED) is 0.553. The molecule has 0 amide bonds. The van der Waals surface area contributed by atoms with Crippen LogP contribution in [0.2, 0.25) is 0 Å². The molecule has 5 atom stereocenters. The first kappa shape index (κ1) is 18.8. The molecule has 23 heavy (non-hydrogen) atoms. The van der Waals surface area contributed by atoms with Gasteiger partial charge in [-0.25, -0.2) is 0 Å². The van der Waals surface area contributed by atoms with E-state index < -0.39 is 58.7 Å². The normalized spacial score (nSPS) is 37.6. The summed E-state index contributed by atoms with van der Waals surface area (Å²) in [6.45, 7) is 2.10. The van der Waals surface area contributed by atoms with Crippen LogP contribution in [0.3, 0.4) is 0 Å². The molecule has 0 saturated carbocycles. The maximum atomic E-state index is 12.3. The molecule has 0 unspecified atom stereocenters. The van der Waals surface area contributed by atoms with Crippen LogP contribution in [-0.4, -0.2) is 69.2 Å². The van der Waals surface area contributed by atoms with Crippen LogP contribution in [-0.2, 0) is 33.2 Å². The van der Waals surface area contributed by atoms with Crippen LogP contribution >= 0.6 is 0 Å². The van der Waals surface area contributed by atoms with Crippen LogP contribution in [0.15, 0.2) is 0 Å². The van der Waals surface area contributed by atoms with E-state index in [0.717, 1.165) is 0 Å². The Kier molecular flexibility index (Phi) is 4.99. The number of halogens is 3. The Hall–Kier alpha value is -0.500. The Morgan fingerprint density at radius 2 is 1.78 bits per heavy atom. The molecule has 0 aromatic heterocycles. The first-order valence-electron chi connectivity index (χ1n) is 6.55. The van der Waals surface area contributed by atoms with E-state index in [1.54, 1.807) is 0 Å². The SMILES string of the molecule is CO[C@H]1O[C@H](COS(=O)(=O)C(F)(F)F)[C@@H]2OC(C)(C)O[C@@H]2[C@H]1O. The first-order valence-corrected chi connectivity index (χ1v) is 7.96. The van der Waals surface area contributed by atoms with Crippen molar-refractivity contribution >= 4 is 10.1 Å². The summed E-state index contributed by atoms with van der Waals surface area (Å²) in [6, 6.07) is 0. The molecular formula is C11H17F3O8S. The summed E-state index contributed by atoms with van der Waals surface area (Å²) in [5, 5.41) is 10.1.